The average molecular weight is 277 g/mol. The van der Waals surface area contributed by atoms with Gasteiger partial charge < -0.3 is 5.32 Å². The SMILES string of the molecule is CCCC1(C(=O)Cc2cc(CC)nn2C)CCCNC1. The van der Waals surface area contributed by atoms with Gasteiger partial charge in [0.1, 0.15) is 5.78 Å². The van der Waals surface area contributed by atoms with Crippen molar-refractivity contribution in [3.63, 3.8) is 0 Å². The highest BCUT2D eigenvalue weighted by Gasteiger charge is 2.38. The summed E-state index contributed by atoms with van der Waals surface area (Å²) in [6.07, 6.45) is 5.65. The molecule has 1 aliphatic rings. The molecule has 0 bridgehead atoms. The van der Waals surface area contributed by atoms with Gasteiger partial charge in [-0.05, 0) is 38.3 Å². The maximum absolute atomic E-state index is 12.8. The fourth-order valence-electron chi connectivity index (χ4n) is 3.30. The molecule has 4 heteroatoms. The summed E-state index contributed by atoms with van der Waals surface area (Å²) in [6, 6.07) is 2.08. The molecule has 1 aliphatic heterocycles. The fourth-order valence-corrected chi connectivity index (χ4v) is 3.30. The molecular weight excluding hydrogens is 250 g/mol. The lowest BCUT2D eigenvalue weighted by Crippen LogP contribution is -2.46. The van der Waals surface area contributed by atoms with Crippen LogP contribution in [0.1, 0.15) is 50.9 Å². The zero-order valence-electron chi connectivity index (χ0n) is 13.0. The Labute approximate surface area is 121 Å². The second kappa shape index (κ2) is 6.53. The van der Waals surface area contributed by atoms with Gasteiger partial charge in [0.25, 0.3) is 0 Å². The lowest BCUT2D eigenvalue weighted by Gasteiger charge is -2.36. The first-order valence-corrected chi connectivity index (χ1v) is 7.87. The van der Waals surface area contributed by atoms with E-state index in [1.807, 2.05) is 11.7 Å². The zero-order chi connectivity index (χ0) is 14.6. The van der Waals surface area contributed by atoms with E-state index < -0.39 is 0 Å². The minimum atomic E-state index is -0.149. The Bertz CT molecular complexity index is 453. The molecule has 0 aliphatic carbocycles. The van der Waals surface area contributed by atoms with Crippen molar-refractivity contribution in [1.82, 2.24) is 15.1 Å². The summed E-state index contributed by atoms with van der Waals surface area (Å²) in [5, 5.41) is 7.86. The van der Waals surface area contributed by atoms with Crippen molar-refractivity contribution in [3.05, 3.63) is 17.5 Å². The number of aryl methyl sites for hydroxylation is 2. The van der Waals surface area contributed by atoms with Crippen LogP contribution in [-0.4, -0.2) is 28.7 Å². The molecule has 2 rings (SSSR count). The third kappa shape index (κ3) is 3.11. The molecule has 4 nitrogen and oxygen atoms in total. The molecule has 1 saturated heterocycles. The predicted octanol–water partition coefficient (Wildman–Crippen LogP) is 2.26. The number of piperidine rings is 1. The van der Waals surface area contributed by atoms with Gasteiger partial charge in [0, 0.05) is 31.1 Å². The fraction of sp³-hybridized carbons (Fsp3) is 0.750. The summed E-state index contributed by atoms with van der Waals surface area (Å²) in [6.45, 7) is 6.16. The highest BCUT2D eigenvalue weighted by Crippen LogP contribution is 2.33. The molecule has 1 aromatic heterocycles. The number of rotatable bonds is 6. The van der Waals surface area contributed by atoms with Gasteiger partial charge in [-0.3, -0.25) is 9.48 Å². The Morgan fingerprint density at radius 1 is 1.50 bits per heavy atom. The van der Waals surface area contributed by atoms with Gasteiger partial charge in [0.05, 0.1) is 5.69 Å². The number of hydrogen-bond acceptors (Lipinski definition) is 3. The third-order valence-electron chi connectivity index (χ3n) is 4.52. The van der Waals surface area contributed by atoms with Crippen LogP contribution >= 0.6 is 0 Å². The van der Waals surface area contributed by atoms with Crippen molar-refractivity contribution in [2.24, 2.45) is 12.5 Å². The maximum Gasteiger partial charge on any atom is 0.146 e. The van der Waals surface area contributed by atoms with Crippen molar-refractivity contribution in [3.8, 4) is 0 Å². The summed E-state index contributed by atoms with van der Waals surface area (Å²) in [5.41, 5.74) is 1.97. The van der Waals surface area contributed by atoms with E-state index >= 15 is 0 Å². The van der Waals surface area contributed by atoms with Crippen molar-refractivity contribution in [2.75, 3.05) is 13.1 Å². The van der Waals surface area contributed by atoms with Crippen LogP contribution in [-0.2, 0) is 24.7 Å². The van der Waals surface area contributed by atoms with Crippen LogP contribution in [0.4, 0.5) is 0 Å². The molecular formula is C16H27N3O. The standard InChI is InChI=1S/C16H27N3O/c1-4-7-16(8-6-9-17-12-16)15(20)11-14-10-13(5-2)18-19(14)3/h10,17H,4-9,11-12H2,1-3H3. The molecule has 0 amide bonds. The first-order valence-electron chi connectivity index (χ1n) is 7.87. The maximum atomic E-state index is 12.8. The molecule has 1 N–H and O–H groups in total. The molecule has 2 heterocycles. The number of aromatic nitrogens is 2. The van der Waals surface area contributed by atoms with Gasteiger partial charge >= 0.3 is 0 Å². The van der Waals surface area contributed by atoms with Crippen LogP contribution in [0.25, 0.3) is 0 Å². The quantitative estimate of drug-likeness (QED) is 0.867. The second-order valence-corrected chi connectivity index (χ2v) is 6.01. The second-order valence-electron chi connectivity index (χ2n) is 6.01. The summed E-state index contributed by atoms with van der Waals surface area (Å²) in [5.74, 6) is 0.386. The Balaban J connectivity index is 2.13. The van der Waals surface area contributed by atoms with Gasteiger partial charge in [-0.15, -0.1) is 0 Å². The van der Waals surface area contributed by atoms with Crippen LogP contribution in [0.3, 0.4) is 0 Å². The topological polar surface area (TPSA) is 46.9 Å². The van der Waals surface area contributed by atoms with Crippen molar-refractivity contribution < 1.29 is 4.79 Å². The average Bonchev–Trinajstić information content (AvgIpc) is 2.81. The number of carbonyl (C=O) groups is 1. The predicted molar refractivity (Wildman–Crippen MR) is 80.7 cm³/mol. The number of ketones is 1. The van der Waals surface area contributed by atoms with E-state index in [1.165, 1.54) is 0 Å². The van der Waals surface area contributed by atoms with Crippen LogP contribution in [0.5, 0.6) is 0 Å². The van der Waals surface area contributed by atoms with E-state index in [-0.39, 0.29) is 5.41 Å². The van der Waals surface area contributed by atoms with Crippen LogP contribution in [0.2, 0.25) is 0 Å². The monoisotopic (exact) mass is 277 g/mol. The smallest absolute Gasteiger partial charge is 0.146 e. The molecule has 20 heavy (non-hydrogen) atoms. The van der Waals surface area contributed by atoms with E-state index in [4.69, 9.17) is 0 Å². The molecule has 1 atom stereocenters. The van der Waals surface area contributed by atoms with Crippen LogP contribution in [0.15, 0.2) is 6.07 Å². The van der Waals surface area contributed by atoms with E-state index in [9.17, 15) is 4.79 Å². The van der Waals surface area contributed by atoms with Gasteiger partial charge in [0.2, 0.25) is 0 Å². The van der Waals surface area contributed by atoms with Crippen molar-refractivity contribution in [2.45, 2.75) is 52.4 Å². The first-order chi connectivity index (χ1) is 9.61. The van der Waals surface area contributed by atoms with E-state index in [0.29, 0.717) is 12.2 Å². The molecule has 0 aromatic carbocycles. The van der Waals surface area contributed by atoms with Crippen LogP contribution in [0, 0.1) is 5.41 Å². The third-order valence-corrected chi connectivity index (χ3v) is 4.52. The lowest BCUT2D eigenvalue weighted by molar-refractivity contribution is -0.129. The van der Waals surface area contributed by atoms with E-state index in [1.54, 1.807) is 0 Å². The van der Waals surface area contributed by atoms with Crippen molar-refractivity contribution >= 4 is 5.78 Å². The van der Waals surface area contributed by atoms with E-state index in [2.05, 4.69) is 30.3 Å². The highest BCUT2D eigenvalue weighted by molar-refractivity contribution is 5.87. The molecule has 0 spiro atoms. The van der Waals surface area contributed by atoms with Gasteiger partial charge in [0.15, 0.2) is 0 Å². The minimum absolute atomic E-state index is 0.149. The Hall–Kier alpha value is -1.16. The number of nitrogens with zero attached hydrogens (tertiary/aromatic N) is 2. The highest BCUT2D eigenvalue weighted by atomic mass is 16.1. The lowest BCUT2D eigenvalue weighted by atomic mass is 9.72. The molecule has 1 aromatic rings. The van der Waals surface area contributed by atoms with Crippen LogP contribution < -0.4 is 5.32 Å². The summed E-state index contributed by atoms with van der Waals surface area (Å²) < 4.78 is 1.87. The van der Waals surface area contributed by atoms with E-state index in [0.717, 1.165) is 56.6 Å². The minimum Gasteiger partial charge on any atom is -0.316 e. The number of Topliss-reactive ketones (excluding diaryl/α,β-unsaturated/α-hetero) is 1. The molecule has 112 valence electrons. The Morgan fingerprint density at radius 2 is 2.30 bits per heavy atom. The first kappa shape index (κ1) is 15.2. The number of hydrogen-bond donors (Lipinski definition) is 1. The Morgan fingerprint density at radius 3 is 2.85 bits per heavy atom. The van der Waals surface area contributed by atoms with Crippen molar-refractivity contribution in [1.29, 1.82) is 0 Å². The van der Waals surface area contributed by atoms with Gasteiger partial charge in [-0.1, -0.05) is 20.3 Å². The molecule has 0 radical (unpaired) electrons. The largest absolute Gasteiger partial charge is 0.316 e. The molecule has 1 fully saturated rings. The number of nitrogens with one attached hydrogen (secondary N) is 1. The molecule has 0 saturated carbocycles. The van der Waals surface area contributed by atoms with Gasteiger partial charge in [-0.2, -0.15) is 5.10 Å². The summed E-state index contributed by atoms with van der Waals surface area (Å²) in [7, 11) is 1.94. The Kier molecular flexibility index (Phi) is 4.97. The molecule has 1 unspecified atom stereocenters. The number of carbonyl (C=O) groups excluding carboxylic acids is 1. The zero-order valence-corrected chi connectivity index (χ0v) is 13.0. The summed E-state index contributed by atoms with van der Waals surface area (Å²) >= 11 is 0. The van der Waals surface area contributed by atoms with Gasteiger partial charge in [-0.25, -0.2) is 0 Å². The normalized spacial score (nSPS) is 22.9. The summed E-state index contributed by atoms with van der Waals surface area (Å²) in [4.78, 5) is 12.8.